The van der Waals surface area contributed by atoms with Gasteiger partial charge in [-0.25, -0.2) is 0 Å². The van der Waals surface area contributed by atoms with Crippen LogP contribution in [0.4, 0.5) is 0 Å². The molecule has 210 valence electrons. The van der Waals surface area contributed by atoms with E-state index in [1.54, 1.807) is 20.0 Å². The van der Waals surface area contributed by atoms with Gasteiger partial charge in [0.2, 0.25) is 17.7 Å². The molecule has 8 nitrogen and oxygen atoms in total. The Morgan fingerprint density at radius 3 is 2.56 bits per heavy atom. The lowest BCUT2D eigenvalue weighted by Gasteiger charge is -2.30. The number of aryl methyl sites for hydroxylation is 2. The predicted octanol–water partition coefficient (Wildman–Crippen LogP) is 3.03. The number of carbonyl (C=O) groups excluding carboxylic acids is 3. The maximum absolute atomic E-state index is 13.4. The third-order valence-corrected chi connectivity index (χ3v) is 8.01. The van der Waals surface area contributed by atoms with Crippen LogP contribution in [0.5, 0.6) is 5.75 Å². The second kappa shape index (κ2) is 13.3. The van der Waals surface area contributed by atoms with Crippen LogP contribution >= 0.6 is 11.6 Å². The summed E-state index contributed by atoms with van der Waals surface area (Å²) in [6.45, 7) is 5.00. The van der Waals surface area contributed by atoms with Gasteiger partial charge in [-0.15, -0.1) is 0 Å². The van der Waals surface area contributed by atoms with Gasteiger partial charge in [0.1, 0.15) is 24.4 Å². The number of halogens is 1. The van der Waals surface area contributed by atoms with Crippen LogP contribution in [0.15, 0.2) is 42.5 Å². The molecule has 0 spiro atoms. The molecular formula is C30H39ClN4O4. The molecule has 0 saturated heterocycles. The highest BCUT2D eigenvalue weighted by atomic mass is 35.5. The number of hydrogen-bond acceptors (Lipinski definition) is 5. The molecule has 1 saturated carbocycles. The monoisotopic (exact) mass is 554 g/mol. The van der Waals surface area contributed by atoms with Crippen molar-refractivity contribution >= 4 is 29.3 Å². The Morgan fingerprint density at radius 1 is 1.05 bits per heavy atom. The van der Waals surface area contributed by atoms with Crippen molar-refractivity contribution in [1.29, 1.82) is 0 Å². The first-order valence-corrected chi connectivity index (χ1v) is 14.2. The van der Waals surface area contributed by atoms with Crippen LogP contribution in [0, 0.1) is 12.8 Å². The Bertz CT molecular complexity index is 1190. The molecule has 1 aliphatic carbocycles. The lowest BCUT2D eigenvalue weighted by molar-refractivity contribution is -0.141. The molecule has 1 fully saturated rings. The number of rotatable bonds is 3. The van der Waals surface area contributed by atoms with Gasteiger partial charge in [-0.2, -0.15) is 0 Å². The van der Waals surface area contributed by atoms with Crippen LogP contribution in [0.2, 0.25) is 5.02 Å². The summed E-state index contributed by atoms with van der Waals surface area (Å²) < 4.78 is 6.06. The van der Waals surface area contributed by atoms with Crippen LogP contribution in [-0.4, -0.2) is 67.5 Å². The lowest BCUT2D eigenvalue weighted by Crippen LogP contribution is -2.56. The van der Waals surface area contributed by atoms with E-state index in [4.69, 9.17) is 16.3 Å². The number of ether oxygens (including phenoxy) is 1. The van der Waals surface area contributed by atoms with E-state index in [1.807, 2.05) is 43.3 Å². The van der Waals surface area contributed by atoms with Crippen molar-refractivity contribution in [2.45, 2.75) is 64.1 Å². The van der Waals surface area contributed by atoms with Gasteiger partial charge in [0, 0.05) is 31.6 Å². The normalized spacial score (nSPS) is 24.1. The smallest absolute Gasteiger partial charge is 0.243 e. The fourth-order valence-corrected chi connectivity index (χ4v) is 5.00. The standard InChI is InChI=1S/C30H39ClN4O4/c1-19-17-21(10-13-24(19)31)18-25-29(37)33-14-6-8-22-7-4-5-9-26(22)39-16-15-32-27(23-11-12-23)30(38)35(3)20(2)28(36)34-25/h4-5,7,9-10,13,17,20,23,25,27,32H,6,8,11-12,14-16,18H2,1-3H3,(H,33,37)(H,34,36)/t20-,25-,27+/m1/s1. The fourth-order valence-electron chi connectivity index (χ4n) is 4.88. The molecular weight excluding hydrogens is 516 g/mol. The zero-order valence-electron chi connectivity index (χ0n) is 23.0. The minimum Gasteiger partial charge on any atom is -0.492 e. The van der Waals surface area contributed by atoms with Gasteiger partial charge in [-0.1, -0.05) is 41.9 Å². The molecule has 2 aromatic carbocycles. The number of fused-ring (bicyclic) bond motifs is 1. The number of hydrogen-bond donors (Lipinski definition) is 3. The van der Waals surface area contributed by atoms with Crippen molar-refractivity contribution in [2.75, 3.05) is 26.7 Å². The van der Waals surface area contributed by atoms with Gasteiger partial charge >= 0.3 is 0 Å². The molecule has 1 aliphatic heterocycles. The fraction of sp³-hybridized carbons (Fsp3) is 0.500. The van der Waals surface area contributed by atoms with Crippen molar-refractivity contribution in [2.24, 2.45) is 5.92 Å². The van der Waals surface area contributed by atoms with E-state index in [0.29, 0.717) is 31.1 Å². The van der Waals surface area contributed by atoms with Crippen molar-refractivity contribution in [3.05, 3.63) is 64.2 Å². The van der Waals surface area contributed by atoms with Gasteiger partial charge < -0.3 is 25.6 Å². The first-order chi connectivity index (χ1) is 18.7. The topological polar surface area (TPSA) is 99.8 Å². The SMILES string of the molecule is Cc1cc(C[C@H]2NC(=O)[C@@H](C)N(C)C(=O)[C@H](C3CC3)NCCOc3ccccc3CCCNC2=O)ccc1Cl. The van der Waals surface area contributed by atoms with E-state index in [1.165, 1.54) is 4.90 Å². The molecule has 0 radical (unpaired) electrons. The van der Waals surface area contributed by atoms with E-state index >= 15 is 0 Å². The second-order valence-electron chi connectivity index (χ2n) is 10.6. The average Bonchev–Trinajstić information content (AvgIpc) is 3.77. The van der Waals surface area contributed by atoms with Gasteiger partial charge in [0.25, 0.3) is 0 Å². The van der Waals surface area contributed by atoms with E-state index in [2.05, 4.69) is 16.0 Å². The number of benzene rings is 2. The third kappa shape index (κ3) is 7.73. The summed E-state index contributed by atoms with van der Waals surface area (Å²) in [6, 6.07) is 11.6. The van der Waals surface area contributed by atoms with Crippen molar-refractivity contribution < 1.29 is 19.1 Å². The Labute approximate surface area is 235 Å². The average molecular weight is 555 g/mol. The zero-order valence-corrected chi connectivity index (χ0v) is 23.7. The molecule has 2 aromatic rings. The van der Waals surface area contributed by atoms with E-state index in [9.17, 15) is 14.4 Å². The predicted molar refractivity (Wildman–Crippen MR) is 152 cm³/mol. The van der Waals surface area contributed by atoms with Crippen LogP contribution < -0.4 is 20.7 Å². The largest absolute Gasteiger partial charge is 0.492 e. The Morgan fingerprint density at radius 2 is 1.82 bits per heavy atom. The van der Waals surface area contributed by atoms with Crippen molar-refractivity contribution in [3.63, 3.8) is 0 Å². The van der Waals surface area contributed by atoms with Gasteiger partial charge in [0.15, 0.2) is 0 Å². The molecule has 39 heavy (non-hydrogen) atoms. The molecule has 1 heterocycles. The molecule has 9 heteroatoms. The molecule has 3 atom stereocenters. The molecule has 3 amide bonds. The van der Waals surface area contributed by atoms with Crippen molar-refractivity contribution in [1.82, 2.24) is 20.9 Å². The summed E-state index contributed by atoms with van der Waals surface area (Å²) in [5.41, 5.74) is 2.86. The van der Waals surface area contributed by atoms with Crippen LogP contribution in [0.3, 0.4) is 0 Å². The molecule has 3 N–H and O–H groups in total. The van der Waals surface area contributed by atoms with E-state index < -0.39 is 12.1 Å². The summed E-state index contributed by atoms with van der Waals surface area (Å²) in [5, 5.41) is 9.91. The van der Waals surface area contributed by atoms with Gasteiger partial charge in [0.05, 0.1) is 6.04 Å². The Balaban J connectivity index is 1.55. The number of carbonyl (C=O) groups is 3. The number of para-hydroxylation sites is 1. The maximum Gasteiger partial charge on any atom is 0.243 e. The van der Waals surface area contributed by atoms with Gasteiger partial charge in [-0.05, 0) is 74.3 Å². The quantitative estimate of drug-likeness (QED) is 0.541. The summed E-state index contributed by atoms with van der Waals surface area (Å²) in [7, 11) is 1.65. The number of likely N-dealkylation sites (N-methyl/N-ethyl adjacent to an activating group) is 1. The van der Waals surface area contributed by atoms with Crippen LogP contribution in [-0.2, 0) is 27.2 Å². The third-order valence-electron chi connectivity index (χ3n) is 7.58. The molecule has 4 rings (SSSR count). The number of amides is 3. The van der Waals surface area contributed by atoms with Gasteiger partial charge in [-0.3, -0.25) is 14.4 Å². The lowest BCUT2D eigenvalue weighted by atomic mass is 10.0. The second-order valence-corrected chi connectivity index (χ2v) is 11.0. The van der Waals surface area contributed by atoms with E-state index in [-0.39, 0.29) is 29.7 Å². The summed E-state index contributed by atoms with van der Waals surface area (Å²) in [5.74, 6) is 0.302. The molecule has 0 aromatic heterocycles. The minimum atomic E-state index is -0.795. The highest BCUT2D eigenvalue weighted by Gasteiger charge is 2.39. The minimum absolute atomic E-state index is 0.129. The summed E-state index contributed by atoms with van der Waals surface area (Å²) in [4.78, 5) is 41.5. The summed E-state index contributed by atoms with van der Waals surface area (Å²) in [6.07, 6.45) is 3.72. The van der Waals surface area contributed by atoms with Crippen molar-refractivity contribution in [3.8, 4) is 5.75 Å². The van der Waals surface area contributed by atoms with E-state index in [0.717, 1.165) is 48.1 Å². The molecule has 0 bridgehead atoms. The highest BCUT2D eigenvalue weighted by molar-refractivity contribution is 6.31. The first-order valence-electron chi connectivity index (χ1n) is 13.8. The summed E-state index contributed by atoms with van der Waals surface area (Å²) >= 11 is 6.19. The number of nitrogens with one attached hydrogen (secondary N) is 3. The Kier molecular flexibility index (Phi) is 9.86. The molecule has 2 aliphatic rings. The Hall–Kier alpha value is -3.10. The first kappa shape index (κ1) is 28.9. The highest BCUT2D eigenvalue weighted by Crippen LogP contribution is 2.33. The zero-order chi connectivity index (χ0) is 27.9. The molecule has 0 unspecified atom stereocenters. The van der Waals surface area contributed by atoms with Crippen LogP contribution in [0.25, 0.3) is 0 Å². The number of nitrogens with zero attached hydrogens (tertiary/aromatic N) is 1. The van der Waals surface area contributed by atoms with Crippen LogP contribution in [0.1, 0.15) is 42.9 Å². The maximum atomic E-state index is 13.4.